The van der Waals surface area contributed by atoms with Crippen LogP contribution in [0.15, 0.2) is 24.3 Å². The fourth-order valence-electron chi connectivity index (χ4n) is 2.95. The van der Waals surface area contributed by atoms with Crippen LogP contribution in [0.2, 0.25) is 5.02 Å². The van der Waals surface area contributed by atoms with Gasteiger partial charge in [0.1, 0.15) is 21.8 Å². The zero-order valence-electron chi connectivity index (χ0n) is 16.0. The lowest BCUT2D eigenvalue weighted by Crippen LogP contribution is -2.11. The third-order valence-corrected chi connectivity index (χ3v) is 5.70. The van der Waals surface area contributed by atoms with E-state index in [0.29, 0.717) is 27.3 Å². The Labute approximate surface area is 175 Å². The van der Waals surface area contributed by atoms with E-state index in [9.17, 15) is 4.79 Å². The van der Waals surface area contributed by atoms with Gasteiger partial charge in [-0.05, 0) is 37.1 Å². The molecule has 4 rings (SSSR count). The Morgan fingerprint density at radius 3 is 2.66 bits per heavy atom. The molecule has 0 saturated heterocycles. The number of aryl methyl sites for hydroxylation is 1. The van der Waals surface area contributed by atoms with Crippen LogP contribution in [0.5, 0.6) is 5.75 Å². The standard InChI is InChI=1S/C20H17ClN4O3S/c1-4-10-6-12(16-14(7-10)22-18(25-24-16)20(26)28-5-2)19-23-17-13(21)8-11(27-3)9-15(17)29-19/h6-9H,4-5H2,1-3H3. The fourth-order valence-corrected chi connectivity index (χ4v) is 4.29. The molecule has 0 atom stereocenters. The topological polar surface area (TPSA) is 87.1 Å². The Bertz CT molecular complexity index is 1240. The summed E-state index contributed by atoms with van der Waals surface area (Å²) in [5.41, 5.74) is 3.68. The average molecular weight is 429 g/mol. The largest absolute Gasteiger partial charge is 0.497 e. The van der Waals surface area contributed by atoms with E-state index in [4.69, 9.17) is 26.1 Å². The zero-order chi connectivity index (χ0) is 20.5. The zero-order valence-corrected chi connectivity index (χ0v) is 17.6. The summed E-state index contributed by atoms with van der Waals surface area (Å²) in [6, 6.07) is 7.56. The first-order valence-corrected chi connectivity index (χ1v) is 10.2. The van der Waals surface area contributed by atoms with Crippen molar-refractivity contribution in [1.29, 1.82) is 0 Å². The Balaban J connectivity index is 1.91. The number of carbonyl (C=O) groups is 1. The van der Waals surface area contributed by atoms with E-state index in [1.165, 1.54) is 11.3 Å². The number of nitrogens with zero attached hydrogens (tertiary/aromatic N) is 4. The molecule has 0 unspecified atom stereocenters. The summed E-state index contributed by atoms with van der Waals surface area (Å²) in [5.74, 6) is 0.0188. The Kier molecular flexibility index (Phi) is 5.29. The molecule has 2 aromatic heterocycles. The highest BCUT2D eigenvalue weighted by molar-refractivity contribution is 7.21. The summed E-state index contributed by atoms with van der Waals surface area (Å²) < 4.78 is 11.2. The maximum Gasteiger partial charge on any atom is 0.378 e. The van der Waals surface area contributed by atoms with E-state index in [2.05, 4.69) is 15.2 Å². The molecule has 2 aromatic carbocycles. The van der Waals surface area contributed by atoms with Crippen LogP contribution in [0.4, 0.5) is 0 Å². The van der Waals surface area contributed by atoms with Crippen molar-refractivity contribution in [3.63, 3.8) is 0 Å². The normalized spacial score (nSPS) is 11.2. The van der Waals surface area contributed by atoms with Crippen molar-refractivity contribution in [1.82, 2.24) is 20.2 Å². The quantitative estimate of drug-likeness (QED) is 0.425. The van der Waals surface area contributed by atoms with Gasteiger partial charge < -0.3 is 9.47 Å². The molecule has 0 N–H and O–H groups in total. The first-order chi connectivity index (χ1) is 14.0. The number of carbonyl (C=O) groups excluding carboxylic acids is 1. The third kappa shape index (κ3) is 3.61. The molecule has 0 aliphatic carbocycles. The lowest BCUT2D eigenvalue weighted by atomic mass is 10.1. The van der Waals surface area contributed by atoms with Crippen LogP contribution in [-0.4, -0.2) is 39.9 Å². The van der Waals surface area contributed by atoms with Crippen molar-refractivity contribution in [2.45, 2.75) is 20.3 Å². The van der Waals surface area contributed by atoms with Crippen LogP contribution < -0.4 is 4.74 Å². The minimum absolute atomic E-state index is 0.0596. The number of hydrogen-bond donors (Lipinski definition) is 0. The fraction of sp³-hybridized carbons (Fsp3) is 0.250. The van der Waals surface area contributed by atoms with E-state index >= 15 is 0 Å². The molecule has 9 heteroatoms. The number of thiazole rings is 1. The van der Waals surface area contributed by atoms with Gasteiger partial charge in [-0.15, -0.1) is 21.5 Å². The highest BCUT2D eigenvalue weighted by Crippen LogP contribution is 2.38. The van der Waals surface area contributed by atoms with E-state index in [-0.39, 0.29) is 12.4 Å². The summed E-state index contributed by atoms with van der Waals surface area (Å²) in [7, 11) is 1.60. The van der Waals surface area contributed by atoms with Crippen LogP contribution in [0.25, 0.3) is 31.8 Å². The van der Waals surface area contributed by atoms with Gasteiger partial charge in [0.05, 0.1) is 29.0 Å². The molecule has 0 aliphatic heterocycles. The SMILES string of the molecule is CCOC(=O)c1nnc2c(-c3nc4c(Cl)cc(OC)cc4s3)cc(CC)cc2n1. The molecular formula is C20H17ClN4O3S. The van der Waals surface area contributed by atoms with Gasteiger partial charge in [0.25, 0.3) is 5.82 Å². The van der Waals surface area contributed by atoms with Crippen LogP contribution >= 0.6 is 22.9 Å². The molecule has 0 radical (unpaired) electrons. The van der Waals surface area contributed by atoms with E-state index in [1.807, 2.05) is 25.1 Å². The van der Waals surface area contributed by atoms with Gasteiger partial charge in [-0.3, -0.25) is 0 Å². The number of methoxy groups -OCH3 is 1. The number of halogens is 1. The molecule has 0 fully saturated rings. The maximum absolute atomic E-state index is 12.0. The second kappa shape index (κ2) is 7.88. The molecule has 4 aromatic rings. The minimum atomic E-state index is -0.593. The average Bonchev–Trinajstić information content (AvgIpc) is 3.17. The van der Waals surface area contributed by atoms with Crippen molar-refractivity contribution < 1.29 is 14.3 Å². The number of aromatic nitrogens is 4. The van der Waals surface area contributed by atoms with Gasteiger partial charge in [0, 0.05) is 11.6 Å². The monoisotopic (exact) mass is 428 g/mol. The van der Waals surface area contributed by atoms with Crippen LogP contribution in [0.3, 0.4) is 0 Å². The van der Waals surface area contributed by atoms with E-state index in [1.54, 1.807) is 20.1 Å². The highest BCUT2D eigenvalue weighted by Gasteiger charge is 2.18. The molecule has 0 bridgehead atoms. The molecule has 7 nitrogen and oxygen atoms in total. The number of hydrogen-bond acceptors (Lipinski definition) is 8. The molecule has 0 amide bonds. The summed E-state index contributed by atoms with van der Waals surface area (Å²) in [6.07, 6.45) is 0.793. The van der Waals surface area contributed by atoms with Crippen molar-refractivity contribution in [3.05, 3.63) is 40.7 Å². The first kappa shape index (κ1) is 19.5. The van der Waals surface area contributed by atoms with E-state index < -0.39 is 5.97 Å². The number of ether oxygens (including phenoxy) is 2. The van der Waals surface area contributed by atoms with Crippen LogP contribution in [0, 0.1) is 0 Å². The Morgan fingerprint density at radius 1 is 1.10 bits per heavy atom. The van der Waals surface area contributed by atoms with E-state index in [0.717, 1.165) is 27.3 Å². The smallest absolute Gasteiger partial charge is 0.378 e. The molecule has 29 heavy (non-hydrogen) atoms. The van der Waals surface area contributed by atoms with Gasteiger partial charge in [0.2, 0.25) is 0 Å². The van der Waals surface area contributed by atoms with Gasteiger partial charge in [-0.1, -0.05) is 18.5 Å². The first-order valence-electron chi connectivity index (χ1n) is 9.03. The molecule has 0 aliphatic rings. The maximum atomic E-state index is 12.0. The van der Waals surface area contributed by atoms with Crippen molar-refractivity contribution in [2.24, 2.45) is 0 Å². The molecule has 0 saturated carbocycles. The van der Waals surface area contributed by atoms with Crippen LogP contribution in [0.1, 0.15) is 30.0 Å². The number of esters is 1. The number of benzene rings is 2. The van der Waals surface area contributed by atoms with Gasteiger partial charge in [0.15, 0.2) is 0 Å². The predicted molar refractivity (Wildman–Crippen MR) is 113 cm³/mol. The summed E-state index contributed by atoms with van der Waals surface area (Å²) in [6.45, 7) is 4.02. The van der Waals surface area contributed by atoms with Crippen molar-refractivity contribution in [2.75, 3.05) is 13.7 Å². The second-order valence-corrected chi connectivity index (χ2v) is 7.63. The predicted octanol–water partition coefficient (Wildman–Crippen LogP) is 4.70. The van der Waals surface area contributed by atoms with Crippen LogP contribution in [-0.2, 0) is 11.2 Å². The molecule has 2 heterocycles. The second-order valence-electron chi connectivity index (χ2n) is 6.20. The number of fused-ring (bicyclic) bond motifs is 2. The lowest BCUT2D eigenvalue weighted by molar-refractivity contribution is 0.0511. The highest BCUT2D eigenvalue weighted by atomic mass is 35.5. The van der Waals surface area contributed by atoms with Crippen molar-refractivity contribution >= 4 is 50.2 Å². The molecule has 0 spiro atoms. The van der Waals surface area contributed by atoms with Gasteiger partial charge >= 0.3 is 5.97 Å². The number of rotatable bonds is 5. The van der Waals surface area contributed by atoms with Gasteiger partial charge in [-0.25, -0.2) is 14.8 Å². The van der Waals surface area contributed by atoms with Crippen molar-refractivity contribution in [3.8, 4) is 16.3 Å². The summed E-state index contributed by atoms with van der Waals surface area (Å²) in [4.78, 5) is 21.1. The Morgan fingerprint density at radius 2 is 1.93 bits per heavy atom. The minimum Gasteiger partial charge on any atom is -0.497 e. The molecular weight excluding hydrogens is 412 g/mol. The third-order valence-electron chi connectivity index (χ3n) is 4.37. The summed E-state index contributed by atoms with van der Waals surface area (Å²) >= 11 is 7.86. The molecule has 148 valence electrons. The Hall–Kier alpha value is -2.84. The van der Waals surface area contributed by atoms with Gasteiger partial charge in [-0.2, -0.15) is 0 Å². The summed E-state index contributed by atoms with van der Waals surface area (Å²) in [5, 5.41) is 9.49. The lowest BCUT2D eigenvalue weighted by Gasteiger charge is -2.07.